The SMILES string of the molecule is COc1ccccc1C1CCCN1C(=O)C1CCC(N)C1.Cl. The number of likely N-dealkylation sites (tertiary alicyclic amines) is 1. The summed E-state index contributed by atoms with van der Waals surface area (Å²) in [5.74, 6) is 1.29. The van der Waals surface area contributed by atoms with Gasteiger partial charge in [-0.15, -0.1) is 12.4 Å². The molecule has 1 aromatic rings. The van der Waals surface area contributed by atoms with Crippen molar-refractivity contribution in [2.24, 2.45) is 11.7 Å². The minimum Gasteiger partial charge on any atom is -0.496 e. The molecule has 1 aromatic carbocycles. The van der Waals surface area contributed by atoms with Crippen LogP contribution < -0.4 is 10.5 Å². The van der Waals surface area contributed by atoms with E-state index in [9.17, 15) is 4.79 Å². The van der Waals surface area contributed by atoms with Crippen molar-refractivity contribution in [3.05, 3.63) is 29.8 Å². The normalized spacial score (nSPS) is 27.5. The number of carbonyl (C=O) groups excluding carboxylic acids is 1. The molecule has 0 bridgehead atoms. The maximum atomic E-state index is 12.8. The monoisotopic (exact) mass is 324 g/mol. The second-order valence-electron chi connectivity index (χ2n) is 6.20. The number of halogens is 1. The minimum atomic E-state index is 0. The number of rotatable bonds is 3. The first kappa shape index (κ1) is 17.1. The topological polar surface area (TPSA) is 55.6 Å². The van der Waals surface area contributed by atoms with Crippen molar-refractivity contribution in [2.45, 2.75) is 44.2 Å². The fourth-order valence-corrected chi connectivity index (χ4v) is 3.77. The van der Waals surface area contributed by atoms with E-state index in [-0.39, 0.29) is 36.3 Å². The van der Waals surface area contributed by atoms with Crippen LogP contribution in [0, 0.1) is 5.92 Å². The minimum absolute atomic E-state index is 0. The zero-order chi connectivity index (χ0) is 14.8. The van der Waals surface area contributed by atoms with Crippen molar-refractivity contribution in [1.29, 1.82) is 0 Å². The lowest BCUT2D eigenvalue weighted by molar-refractivity contribution is -0.136. The Morgan fingerprint density at radius 1 is 1.27 bits per heavy atom. The number of methoxy groups -OCH3 is 1. The lowest BCUT2D eigenvalue weighted by Gasteiger charge is -2.28. The molecule has 0 spiro atoms. The Labute approximate surface area is 138 Å². The van der Waals surface area contributed by atoms with Crippen molar-refractivity contribution in [3.8, 4) is 5.75 Å². The lowest BCUT2D eigenvalue weighted by atomic mass is 10.0. The molecule has 1 amide bonds. The Hall–Kier alpha value is -1.26. The smallest absolute Gasteiger partial charge is 0.226 e. The van der Waals surface area contributed by atoms with E-state index in [0.29, 0.717) is 0 Å². The van der Waals surface area contributed by atoms with Crippen molar-refractivity contribution >= 4 is 18.3 Å². The van der Waals surface area contributed by atoms with Gasteiger partial charge in [-0.3, -0.25) is 4.79 Å². The number of hydrogen-bond acceptors (Lipinski definition) is 3. The average Bonchev–Trinajstić information content (AvgIpc) is 3.15. The van der Waals surface area contributed by atoms with E-state index in [1.54, 1.807) is 7.11 Å². The van der Waals surface area contributed by atoms with E-state index in [0.717, 1.165) is 50.0 Å². The number of amides is 1. The molecule has 1 saturated carbocycles. The Bertz CT molecular complexity index is 523. The number of carbonyl (C=O) groups is 1. The summed E-state index contributed by atoms with van der Waals surface area (Å²) in [6.45, 7) is 0.854. The van der Waals surface area contributed by atoms with Crippen LogP contribution in [0.4, 0.5) is 0 Å². The molecule has 1 aliphatic carbocycles. The Kier molecular flexibility index (Phi) is 5.70. The van der Waals surface area contributed by atoms with Crippen LogP contribution in [0.25, 0.3) is 0 Å². The number of nitrogens with zero attached hydrogens (tertiary/aromatic N) is 1. The molecule has 2 aliphatic rings. The van der Waals surface area contributed by atoms with Crippen molar-refractivity contribution in [1.82, 2.24) is 4.90 Å². The summed E-state index contributed by atoms with van der Waals surface area (Å²) in [6.07, 6.45) is 4.84. The maximum absolute atomic E-state index is 12.8. The molecule has 3 rings (SSSR count). The number of hydrogen-bond donors (Lipinski definition) is 1. The van der Waals surface area contributed by atoms with Crippen molar-refractivity contribution in [2.75, 3.05) is 13.7 Å². The Morgan fingerprint density at radius 3 is 2.73 bits per heavy atom. The summed E-state index contributed by atoms with van der Waals surface area (Å²) < 4.78 is 5.47. The first-order chi connectivity index (χ1) is 10.2. The van der Waals surface area contributed by atoms with Gasteiger partial charge in [0.25, 0.3) is 0 Å². The molecule has 0 radical (unpaired) electrons. The maximum Gasteiger partial charge on any atom is 0.226 e. The van der Waals surface area contributed by atoms with Crippen molar-refractivity contribution < 1.29 is 9.53 Å². The molecule has 122 valence electrons. The predicted molar refractivity (Wildman–Crippen MR) is 89.2 cm³/mol. The first-order valence-electron chi connectivity index (χ1n) is 7.89. The van der Waals surface area contributed by atoms with E-state index in [1.807, 2.05) is 18.2 Å². The highest BCUT2D eigenvalue weighted by Crippen LogP contribution is 2.39. The van der Waals surface area contributed by atoms with Gasteiger partial charge in [0.15, 0.2) is 0 Å². The molecule has 3 unspecified atom stereocenters. The zero-order valence-electron chi connectivity index (χ0n) is 13.0. The third-order valence-electron chi connectivity index (χ3n) is 4.86. The van der Waals surface area contributed by atoms with Gasteiger partial charge in [-0.1, -0.05) is 18.2 Å². The van der Waals surface area contributed by atoms with Gasteiger partial charge in [-0.2, -0.15) is 0 Å². The molecular formula is C17H25ClN2O2. The summed E-state index contributed by atoms with van der Waals surface area (Å²) in [4.78, 5) is 14.9. The van der Waals surface area contributed by atoms with Crippen LogP contribution in [0.15, 0.2) is 24.3 Å². The van der Waals surface area contributed by atoms with E-state index < -0.39 is 0 Å². The molecule has 4 nitrogen and oxygen atoms in total. The van der Waals surface area contributed by atoms with Crippen molar-refractivity contribution in [3.63, 3.8) is 0 Å². The molecule has 5 heteroatoms. The van der Waals surface area contributed by atoms with E-state index in [1.165, 1.54) is 0 Å². The predicted octanol–water partition coefficient (Wildman–Crippen LogP) is 2.91. The summed E-state index contributed by atoms with van der Waals surface area (Å²) in [7, 11) is 1.69. The molecule has 1 heterocycles. The van der Waals surface area contributed by atoms with Crippen LogP contribution >= 0.6 is 12.4 Å². The Morgan fingerprint density at radius 2 is 2.05 bits per heavy atom. The highest BCUT2D eigenvalue weighted by Gasteiger charge is 2.37. The number of nitrogens with two attached hydrogens (primary N) is 1. The third kappa shape index (κ3) is 3.23. The van der Waals surface area contributed by atoms with Gasteiger partial charge >= 0.3 is 0 Å². The van der Waals surface area contributed by atoms with E-state index in [2.05, 4.69) is 11.0 Å². The molecule has 1 aliphatic heterocycles. The van der Waals surface area contributed by atoms with E-state index >= 15 is 0 Å². The number of benzene rings is 1. The van der Waals surface area contributed by atoms with Gasteiger partial charge in [0, 0.05) is 24.1 Å². The summed E-state index contributed by atoms with van der Waals surface area (Å²) in [5.41, 5.74) is 7.09. The third-order valence-corrected chi connectivity index (χ3v) is 4.86. The molecule has 1 saturated heterocycles. The lowest BCUT2D eigenvalue weighted by Crippen LogP contribution is -2.35. The Balaban J connectivity index is 0.00000176. The second kappa shape index (κ2) is 7.34. The number of ether oxygens (including phenoxy) is 1. The molecule has 3 atom stereocenters. The molecule has 0 aromatic heterocycles. The second-order valence-corrected chi connectivity index (χ2v) is 6.20. The summed E-state index contributed by atoms with van der Waals surface area (Å²) >= 11 is 0. The summed E-state index contributed by atoms with van der Waals surface area (Å²) in [6, 6.07) is 8.40. The van der Waals surface area contributed by atoms with Gasteiger partial charge in [-0.25, -0.2) is 0 Å². The van der Waals surface area contributed by atoms with E-state index in [4.69, 9.17) is 10.5 Å². The van der Waals surface area contributed by atoms with Crippen LogP contribution in [-0.4, -0.2) is 30.5 Å². The van der Waals surface area contributed by atoms with Crippen LogP contribution in [-0.2, 0) is 4.79 Å². The van der Waals surface area contributed by atoms with Gasteiger partial charge in [0.2, 0.25) is 5.91 Å². The van der Waals surface area contributed by atoms with Crippen LogP contribution in [0.5, 0.6) is 5.75 Å². The van der Waals surface area contributed by atoms with Crippen LogP contribution in [0.3, 0.4) is 0 Å². The zero-order valence-corrected chi connectivity index (χ0v) is 13.8. The van der Waals surface area contributed by atoms with Crippen LogP contribution in [0.2, 0.25) is 0 Å². The fourth-order valence-electron chi connectivity index (χ4n) is 3.77. The molecule has 2 N–H and O–H groups in total. The molecule has 22 heavy (non-hydrogen) atoms. The quantitative estimate of drug-likeness (QED) is 0.930. The number of para-hydroxylation sites is 1. The average molecular weight is 325 g/mol. The first-order valence-corrected chi connectivity index (χ1v) is 7.89. The fraction of sp³-hybridized carbons (Fsp3) is 0.588. The van der Waals surface area contributed by atoms with Gasteiger partial charge in [0.1, 0.15) is 5.75 Å². The van der Waals surface area contributed by atoms with Crippen LogP contribution in [0.1, 0.15) is 43.7 Å². The standard InChI is InChI=1S/C17H24N2O2.ClH/c1-21-16-7-3-2-5-14(16)15-6-4-10-19(15)17(20)12-8-9-13(18)11-12;/h2-3,5,7,12-13,15H,4,6,8-11,18H2,1H3;1H. The highest BCUT2D eigenvalue weighted by molar-refractivity contribution is 5.85. The summed E-state index contributed by atoms with van der Waals surface area (Å²) in [5, 5.41) is 0. The highest BCUT2D eigenvalue weighted by atomic mass is 35.5. The van der Waals surface area contributed by atoms with Gasteiger partial charge < -0.3 is 15.4 Å². The molecule has 2 fully saturated rings. The molecular weight excluding hydrogens is 300 g/mol. The largest absolute Gasteiger partial charge is 0.496 e. The van der Waals surface area contributed by atoms with Gasteiger partial charge in [-0.05, 0) is 38.2 Å². The van der Waals surface area contributed by atoms with Gasteiger partial charge in [0.05, 0.1) is 13.2 Å².